The van der Waals surface area contributed by atoms with Crippen LogP contribution in [0.3, 0.4) is 0 Å². The number of ketones is 1. The van der Waals surface area contributed by atoms with E-state index in [1.807, 2.05) is 55.5 Å². The maximum atomic E-state index is 12.4. The fourth-order valence-electron chi connectivity index (χ4n) is 3.61. The molecular formula is C25H24N4O4. The van der Waals surface area contributed by atoms with Crippen molar-refractivity contribution in [2.24, 2.45) is 7.05 Å². The average molecular weight is 444 g/mol. The molecule has 0 spiro atoms. The zero-order chi connectivity index (χ0) is 23.5. The molecule has 0 fully saturated rings. The quantitative estimate of drug-likeness (QED) is 0.404. The standard InChI is InChI=1S/C25H24N4O4/c1-16-13-20(19-8-5-7-18(14-19)17(2)30)11-12-23(16)33-15-21-22(9-6-10-24(21)32-4)29-25(31)28(3)26-27-29/h5-14H,15H2,1-4H3. The number of rotatable bonds is 7. The summed E-state index contributed by atoms with van der Waals surface area (Å²) >= 11 is 0. The van der Waals surface area contributed by atoms with Crippen LogP contribution >= 0.6 is 0 Å². The molecule has 1 heterocycles. The fourth-order valence-corrected chi connectivity index (χ4v) is 3.61. The number of carbonyl (C=O) groups is 1. The monoisotopic (exact) mass is 444 g/mol. The highest BCUT2D eigenvalue weighted by molar-refractivity contribution is 5.95. The van der Waals surface area contributed by atoms with Gasteiger partial charge in [-0.1, -0.05) is 30.3 Å². The molecule has 0 amide bonds. The predicted octanol–water partition coefficient (Wildman–Crippen LogP) is 3.73. The zero-order valence-corrected chi connectivity index (χ0v) is 18.9. The summed E-state index contributed by atoms with van der Waals surface area (Å²) in [5.41, 5.74) is 4.43. The third kappa shape index (κ3) is 4.41. The van der Waals surface area contributed by atoms with Crippen molar-refractivity contribution in [1.29, 1.82) is 0 Å². The van der Waals surface area contributed by atoms with Crippen molar-refractivity contribution < 1.29 is 14.3 Å². The molecule has 0 saturated carbocycles. The Morgan fingerprint density at radius 2 is 1.73 bits per heavy atom. The Labute approximate surface area is 191 Å². The number of carbonyl (C=O) groups excluding carboxylic acids is 1. The van der Waals surface area contributed by atoms with Gasteiger partial charge in [-0.2, -0.15) is 9.36 Å². The summed E-state index contributed by atoms with van der Waals surface area (Å²) in [5, 5.41) is 7.73. The van der Waals surface area contributed by atoms with Crippen molar-refractivity contribution >= 4 is 5.78 Å². The summed E-state index contributed by atoms with van der Waals surface area (Å²) in [6, 6.07) is 18.8. The second-order valence-electron chi connectivity index (χ2n) is 7.66. The molecule has 0 N–H and O–H groups in total. The summed E-state index contributed by atoms with van der Waals surface area (Å²) < 4.78 is 14.0. The van der Waals surface area contributed by atoms with Crippen molar-refractivity contribution in [3.05, 3.63) is 87.8 Å². The van der Waals surface area contributed by atoms with Gasteiger partial charge in [-0.15, -0.1) is 0 Å². The van der Waals surface area contributed by atoms with Crippen LogP contribution in [0.1, 0.15) is 28.4 Å². The van der Waals surface area contributed by atoms with Crippen molar-refractivity contribution in [2.75, 3.05) is 7.11 Å². The Balaban J connectivity index is 1.63. The van der Waals surface area contributed by atoms with Gasteiger partial charge in [-0.25, -0.2) is 4.79 Å². The van der Waals surface area contributed by atoms with Gasteiger partial charge in [-0.3, -0.25) is 4.79 Å². The Kier molecular flexibility index (Phi) is 6.08. The van der Waals surface area contributed by atoms with Crippen LogP contribution in [0.15, 0.2) is 65.5 Å². The van der Waals surface area contributed by atoms with Gasteiger partial charge in [0.2, 0.25) is 0 Å². The van der Waals surface area contributed by atoms with Gasteiger partial charge < -0.3 is 9.47 Å². The topological polar surface area (TPSA) is 88.2 Å². The van der Waals surface area contributed by atoms with Crippen LogP contribution in [0.4, 0.5) is 0 Å². The predicted molar refractivity (Wildman–Crippen MR) is 124 cm³/mol. The summed E-state index contributed by atoms with van der Waals surface area (Å²) in [6.07, 6.45) is 0. The molecule has 0 unspecified atom stereocenters. The number of ether oxygens (including phenoxy) is 2. The van der Waals surface area contributed by atoms with Gasteiger partial charge in [0.05, 0.1) is 18.4 Å². The fraction of sp³-hybridized carbons (Fsp3) is 0.200. The number of hydrogen-bond acceptors (Lipinski definition) is 6. The number of hydrogen-bond donors (Lipinski definition) is 0. The van der Waals surface area contributed by atoms with Crippen molar-refractivity contribution in [2.45, 2.75) is 20.5 Å². The van der Waals surface area contributed by atoms with Crippen LogP contribution < -0.4 is 15.2 Å². The van der Waals surface area contributed by atoms with Gasteiger partial charge >= 0.3 is 5.69 Å². The number of methoxy groups -OCH3 is 1. The minimum atomic E-state index is -0.363. The van der Waals surface area contributed by atoms with E-state index in [4.69, 9.17) is 9.47 Å². The minimum absolute atomic E-state index is 0.0309. The van der Waals surface area contributed by atoms with E-state index in [9.17, 15) is 9.59 Å². The van der Waals surface area contributed by atoms with E-state index in [-0.39, 0.29) is 18.1 Å². The normalized spacial score (nSPS) is 10.8. The number of Topliss-reactive ketones (excluding diaryl/α,β-unsaturated/α-hetero) is 1. The zero-order valence-electron chi connectivity index (χ0n) is 18.9. The molecule has 33 heavy (non-hydrogen) atoms. The van der Waals surface area contributed by atoms with Crippen molar-refractivity contribution in [1.82, 2.24) is 19.8 Å². The van der Waals surface area contributed by atoms with Crippen LogP contribution in [0, 0.1) is 6.92 Å². The average Bonchev–Trinajstić information content (AvgIpc) is 3.16. The molecule has 0 aliphatic carbocycles. The van der Waals surface area contributed by atoms with Gasteiger partial charge in [0.25, 0.3) is 0 Å². The Bertz CT molecular complexity index is 1390. The maximum Gasteiger partial charge on any atom is 0.368 e. The van der Waals surface area contributed by atoms with Crippen LogP contribution in [-0.2, 0) is 13.7 Å². The number of tetrazole rings is 1. The number of aryl methyl sites for hydroxylation is 2. The third-order valence-corrected chi connectivity index (χ3v) is 5.43. The van der Waals surface area contributed by atoms with Gasteiger partial charge in [0.1, 0.15) is 18.1 Å². The molecular weight excluding hydrogens is 420 g/mol. The summed E-state index contributed by atoms with van der Waals surface area (Å²) in [4.78, 5) is 24.1. The maximum absolute atomic E-state index is 12.4. The van der Waals surface area contributed by atoms with E-state index in [1.54, 1.807) is 33.2 Å². The van der Waals surface area contributed by atoms with Crippen LogP contribution in [-0.4, -0.2) is 32.7 Å². The van der Waals surface area contributed by atoms with Crippen LogP contribution in [0.25, 0.3) is 16.8 Å². The van der Waals surface area contributed by atoms with Crippen LogP contribution in [0.5, 0.6) is 11.5 Å². The molecule has 0 aliphatic rings. The number of benzene rings is 3. The number of nitrogens with zero attached hydrogens (tertiary/aromatic N) is 4. The van der Waals surface area contributed by atoms with E-state index in [1.165, 1.54) is 4.68 Å². The SMILES string of the molecule is COc1cccc(-n2nnn(C)c2=O)c1COc1ccc(-c2cccc(C(C)=O)c2)cc1C. The number of aromatic nitrogens is 4. The van der Waals surface area contributed by atoms with E-state index < -0.39 is 0 Å². The second kappa shape index (κ2) is 9.12. The van der Waals surface area contributed by atoms with E-state index >= 15 is 0 Å². The van der Waals surface area contributed by atoms with E-state index in [0.717, 1.165) is 21.4 Å². The van der Waals surface area contributed by atoms with Crippen molar-refractivity contribution in [3.63, 3.8) is 0 Å². The minimum Gasteiger partial charge on any atom is -0.496 e. The molecule has 4 rings (SSSR count). The lowest BCUT2D eigenvalue weighted by Crippen LogP contribution is -2.23. The molecule has 0 saturated heterocycles. The van der Waals surface area contributed by atoms with Gasteiger partial charge in [0, 0.05) is 12.6 Å². The third-order valence-electron chi connectivity index (χ3n) is 5.43. The second-order valence-corrected chi connectivity index (χ2v) is 7.66. The molecule has 168 valence electrons. The van der Waals surface area contributed by atoms with E-state index in [0.29, 0.717) is 28.3 Å². The van der Waals surface area contributed by atoms with Crippen molar-refractivity contribution in [3.8, 4) is 28.3 Å². The molecule has 8 nitrogen and oxygen atoms in total. The highest BCUT2D eigenvalue weighted by Gasteiger charge is 2.16. The molecule has 3 aromatic carbocycles. The molecule has 4 aromatic rings. The van der Waals surface area contributed by atoms with E-state index in [2.05, 4.69) is 10.4 Å². The highest BCUT2D eigenvalue weighted by atomic mass is 16.5. The first-order valence-corrected chi connectivity index (χ1v) is 10.4. The Morgan fingerprint density at radius 1 is 0.970 bits per heavy atom. The molecule has 0 radical (unpaired) electrons. The molecule has 0 atom stereocenters. The molecule has 0 bridgehead atoms. The summed E-state index contributed by atoms with van der Waals surface area (Å²) in [5.74, 6) is 1.31. The first-order chi connectivity index (χ1) is 15.9. The Morgan fingerprint density at radius 3 is 2.39 bits per heavy atom. The summed E-state index contributed by atoms with van der Waals surface area (Å²) in [6.45, 7) is 3.69. The highest BCUT2D eigenvalue weighted by Crippen LogP contribution is 2.30. The lowest BCUT2D eigenvalue weighted by Gasteiger charge is -2.15. The molecule has 1 aromatic heterocycles. The first-order valence-electron chi connectivity index (χ1n) is 10.4. The lowest BCUT2D eigenvalue weighted by molar-refractivity contribution is 0.101. The molecule has 0 aliphatic heterocycles. The largest absolute Gasteiger partial charge is 0.496 e. The smallest absolute Gasteiger partial charge is 0.368 e. The van der Waals surface area contributed by atoms with Crippen LogP contribution in [0.2, 0.25) is 0 Å². The Hall–Kier alpha value is -4.20. The van der Waals surface area contributed by atoms with Gasteiger partial charge in [0.15, 0.2) is 5.78 Å². The van der Waals surface area contributed by atoms with Gasteiger partial charge in [-0.05, 0) is 71.3 Å². The summed E-state index contributed by atoms with van der Waals surface area (Å²) in [7, 11) is 3.11. The lowest BCUT2D eigenvalue weighted by atomic mass is 10.00. The first kappa shape index (κ1) is 22.0. The molecule has 8 heteroatoms.